The molecule has 0 heterocycles. The first kappa shape index (κ1) is 30.5. The summed E-state index contributed by atoms with van der Waals surface area (Å²) >= 11 is 0. The van der Waals surface area contributed by atoms with Crippen LogP contribution in [-0.4, -0.2) is 37.7 Å². The first-order chi connectivity index (χ1) is 21.3. The number of ketones is 1. The molecule has 4 aromatic rings. The van der Waals surface area contributed by atoms with Crippen LogP contribution in [0.4, 0.5) is 0 Å². The number of carbonyl (C=O) groups is 2. The van der Waals surface area contributed by atoms with Gasteiger partial charge in [0.25, 0.3) is 0 Å². The fourth-order valence-corrected chi connectivity index (χ4v) is 6.77. The number of nitriles is 1. The van der Waals surface area contributed by atoms with E-state index in [1.807, 2.05) is 12.1 Å². The number of nitrogens with zero attached hydrogens (tertiary/aromatic N) is 1. The second kappa shape index (κ2) is 12.7. The Kier molecular flexibility index (Phi) is 8.84. The molecule has 5 atom stereocenters. The summed E-state index contributed by atoms with van der Waals surface area (Å²) in [5, 5.41) is 24.3. The van der Waals surface area contributed by atoms with Crippen molar-refractivity contribution in [2.75, 3.05) is 20.8 Å². The first-order valence-corrected chi connectivity index (χ1v) is 14.6. The molecule has 7 nitrogen and oxygen atoms in total. The maximum absolute atomic E-state index is 14.8. The van der Waals surface area contributed by atoms with Gasteiger partial charge in [-0.15, -0.1) is 0 Å². The lowest BCUT2D eigenvalue weighted by Gasteiger charge is -2.54. The number of rotatable bonds is 9. The van der Waals surface area contributed by atoms with Gasteiger partial charge in [0, 0.05) is 17.4 Å². The fraction of sp³-hybridized carbons (Fsp3) is 0.270. The van der Waals surface area contributed by atoms with Crippen molar-refractivity contribution in [3.63, 3.8) is 0 Å². The Morgan fingerprint density at radius 2 is 1.41 bits per heavy atom. The molecule has 44 heavy (non-hydrogen) atoms. The minimum Gasteiger partial charge on any atom is -0.497 e. The van der Waals surface area contributed by atoms with E-state index < -0.39 is 40.5 Å². The quantitative estimate of drug-likeness (QED) is 0.177. The van der Waals surface area contributed by atoms with Gasteiger partial charge in [0.15, 0.2) is 11.2 Å². The van der Waals surface area contributed by atoms with Gasteiger partial charge in [0.05, 0.1) is 32.8 Å². The van der Waals surface area contributed by atoms with E-state index in [9.17, 15) is 20.0 Å². The van der Waals surface area contributed by atoms with Crippen LogP contribution < -0.4 is 9.47 Å². The summed E-state index contributed by atoms with van der Waals surface area (Å²) in [6.07, 6.45) is -0.111. The lowest BCUT2D eigenvalue weighted by Crippen LogP contribution is -2.59. The normalized spacial score (nSPS) is 24.5. The summed E-state index contributed by atoms with van der Waals surface area (Å²) in [7, 11) is 3.06. The summed E-state index contributed by atoms with van der Waals surface area (Å²) in [5.41, 5.74) is -1.77. The lowest BCUT2D eigenvalue weighted by molar-refractivity contribution is -0.164. The van der Waals surface area contributed by atoms with Crippen molar-refractivity contribution >= 4 is 11.8 Å². The molecule has 7 heteroatoms. The summed E-state index contributed by atoms with van der Waals surface area (Å²) in [6.45, 7) is 1.71. The summed E-state index contributed by atoms with van der Waals surface area (Å²) < 4.78 is 16.8. The molecule has 1 N–H and O–H groups in total. The van der Waals surface area contributed by atoms with E-state index in [2.05, 4.69) is 6.07 Å². The number of hydrogen-bond acceptors (Lipinski definition) is 7. The molecule has 0 radical (unpaired) electrons. The Morgan fingerprint density at radius 1 is 0.841 bits per heavy atom. The molecule has 1 aliphatic rings. The van der Waals surface area contributed by atoms with E-state index in [0.717, 1.165) is 0 Å². The third-order valence-corrected chi connectivity index (χ3v) is 8.77. The zero-order valence-electron chi connectivity index (χ0n) is 25.0. The first-order valence-electron chi connectivity index (χ1n) is 14.6. The Morgan fingerprint density at radius 3 is 1.98 bits per heavy atom. The summed E-state index contributed by atoms with van der Waals surface area (Å²) in [4.78, 5) is 29.2. The number of hydrogen-bond donors (Lipinski definition) is 1. The molecule has 5 unspecified atom stereocenters. The van der Waals surface area contributed by atoms with Crippen molar-refractivity contribution in [2.45, 2.75) is 30.8 Å². The molecule has 0 aliphatic heterocycles. The smallest absolute Gasteiger partial charge is 0.327 e. The molecular formula is C37H35NO6. The summed E-state index contributed by atoms with van der Waals surface area (Å²) in [6, 6.07) is 34.2. The molecule has 1 saturated carbocycles. The van der Waals surface area contributed by atoms with Crippen LogP contribution in [0, 0.1) is 22.7 Å². The Bertz CT molecular complexity index is 1670. The molecular weight excluding hydrogens is 554 g/mol. The molecule has 1 fully saturated rings. The predicted octanol–water partition coefficient (Wildman–Crippen LogP) is 6.43. The number of benzene rings is 4. The average Bonchev–Trinajstić information content (AvgIpc) is 3.08. The van der Waals surface area contributed by atoms with Gasteiger partial charge in [-0.05, 0) is 54.3 Å². The van der Waals surface area contributed by atoms with Crippen LogP contribution in [0.1, 0.15) is 52.2 Å². The van der Waals surface area contributed by atoms with Crippen LogP contribution in [0.5, 0.6) is 11.5 Å². The van der Waals surface area contributed by atoms with Crippen molar-refractivity contribution in [3.05, 3.63) is 131 Å². The van der Waals surface area contributed by atoms with Crippen molar-refractivity contribution in [3.8, 4) is 17.6 Å². The number of Topliss-reactive ketones (excluding diaryl/α,β-unsaturated/α-hetero) is 1. The van der Waals surface area contributed by atoms with E-state index >= 15 is 0 Å². The van der Waals surface area contributed by atoms with Gasteiger partial charge in [-0.2, -0.15) is 5.26 Å². The fourth-order valence-electron chi connectivity index (χ4n) is 6.77. The van der Waals surface area contributed by atoms with Gasteiger partial charge in [-0.25, -0.2) is 0 Å². The molecule has 224 valence electrons. The SMILES string of the molecule is CCOC(=O)C1(C#N)C(c2cccc(OC)c2)CC(O)(c2ccccc2)C(C(=O)c2ccccc2)C1c1cccc(OC)c1. The van der Waals surface area contributed by atoms with Crippen molar-refractivity contribution in [1.29, 1.82) is 5.26 Å². The monoisotopic (exact) mass is 589 g/mol. The van der Waals surface area contributed by atoms with Gasteiger partial charge < -0.3 is 19.3 Å². The Balaban J connectivity index is 1.91. The predicted molar refractivity (Wildman–Crippen MR) is 165 cm³/mol. The van der Waals surface area contributed by atoms with Gasteiger partial charge in [0.2, 0.25) is 0 Å². The van der Waals surface area contributed by atoms with Gasteiger partial charge >= 0.3 is 5.97 Å². The zero-order valence-corrected chi connectivity index (χ0v) is 25.0. The molecule has 5 rings (SSSR count). The minimum atomic E-state index is -1.93. The van der Waals surface area contributed by atoms with Crippen LogP contribution in [0.2, 0.25) is 0 Å². The Labute approximate surface area is 257 Å². The van der Waals surface area contributed by atoms with E-state index in [4.69, 9.17) is 14.2 Å². The average molecular weight is 590 g/mol. The number of aliphatic hydroxyl groups is 1. The Hall–Kier alpha value is -4.93. The number of esters is 1. The molecule has 0 bridgehead atoms. The van der Waals surface area contributed by atoms with E-state index in [1.165, 1.54) is 14.2 Å². The van der Waals surface area contributed by atoms with Gasteiger partial charge in [-0.1, -0.05) is 84.9 Å². The largest absolute Gasteiger partial charge is 0.497 e. The molecule has 0 amide bonds. The maximum Gasteiger partial charge on any atom is 0.327 e. The van der Waals surface area contributed by atoms with Crippen LogP contribution in [0.3, 0.4) is 0 Å². The number of methoxy groups -OCH3 is 2. The van der Waals surface area contributed by atoms with Gasteiger partial charge in [-0.3, -0.25) is 9.59 Å². The van der Waals surface area contributed by atoms with Crippen LogP contribution >= 0.6 is 0 Å². The second-order valence-corrected chi connectivity index (χ2v) is 11.0. The minimum absolute atomic E-state index is 0.0260. The highest BCUT2D eigenvalue weighted by Crippen LogP contribution is 2.64. The molecule has 1 aliphatic carbocycles. The standard InChI is InChI=1S/C37H35NO6/c1-4-44-35(40)36(24-38)31(26-15-11-19-29(21-26)42-2)23-37(41,28-17-9-6-10-18-28)33(34(39)25-13-7-5-8-14-25)32(36)27-16-12-20-30(22-27)43-3/h5-22,31-33,41H,4,23H2,1-3H3. The highest BCUT2D eigenvalue weighted by atomic mass is 16.5. The maximum atomic E-state index is 14.8. The van der Waals surface area contributed by atoms with Crippen LogP contribution in [-0.2, 0) is 15.1 Å². The van der Waals surface area contributed by atoms with Crippen LogP contribution in [0.15, 0.2) is 109 Å². The van der Waals surface area contributed by atoms with Crippen molar-refractivity contribution in [2.24, 2.45) is 11.3 Å². The highest BCUT2D eigenvalue weighted by molar-refractivity contribution is 6.00. The highest BCUT2D eigenvalue weighted by Gasteiger charge is 2.67. The second-order valence-electron chi connectivity index (χ2n) is 11.0. The molecule has 0 saturated heterocycles. The lowest BCUT2D eigenvalue weighted by atomic mass is 9.47. The summed E-state index contributed by atoms with van der Waals surface area (Å²) in [5.74, 6) is -3.45. The van der Waals surface area contributed by atoms with Crippen molar-refractivity contribution < 1.29 is 28.9 Å². The van der Waals surface area contributed by atoms with E-state index in [1.54, 1.807) is 104 Å². The number of carbonyl (C=O) groups excluding carboxylic acids is 2. The molecule has 0 aromatic heterocycles. The zero-order chi connectivity index (χ0) is 31.3. The number of ether oxygens (including phenoxy) is 3. The van der Waals surface area contributed by atoms with Gasteiger partial charge in [0.1, 0.15) is 17.1 Å². The third-order valence-electron chi connectivity index (χ3n) is 8.77. The third kappa shape index (κ3) is 5.23. The molecule has 4 aromatic carbocycles. The van der Waals surface area contributed by atoms with E-state index in [0.29, 0.717) is 33.8 Å². The van der Waals surface area contributed by atoms with E-state index in [-0.39, 0.29) is 13.0 Å². The molecule has 0 spiro atoms. The topological polar surface area (TPSA) is 106 Å². The van der Waals surface area contributed by atoms with Crippen LogP contribution in [0.25, 0.3) is 0 Å². The van der Waals surface area contributed by atoms with Crippen molar-refractivity contribution in [1.82, 2.24) is 0 Å².